The Morgan fingerprint density at radius 2 is 1.79 bits per heavy atom. The van der Waals surface area contributed by atoms with Crippen LogP contribution in [0.15, 0.2) is 65.1 Å². The summed E-state index contributed by atoms with van der Waals surface area (Å²) in [6.07, 6.45) is 0. The highest BCUT2D eigenvalue weighted by molar-refractivity contribution is 14.1. The van der Waals surface area contributed by atoms with E-state index in [-0.39, 0.29) is 29.5 Å². The van der Waals surface area contributed by atoms with Crippen molar-refractivity contribution >= 4 is 36.2 Å². The van der Waals surface area contributed by atoms with Crippen LogP contribution in [-0.4, -0.2) is 37.3 Å². The molecule has 1 saturated heterocycles. The van der Waals surface area contributed by atoms with Crippen LogP contribution < -0.4 is 0 Å². The number of sulfonamides is 1. The molecule has 2 aromatic rings. The Morgan fingerprint density at radius 3 is 2.36 bits per heavy atom. The average Bonchev–Trinajstić information content (AvgIpc) is 2.99. The third-order valence-corrected chi connectivity index (χ3v) is 8.10. The lowest BCUT2D eigenvalue weighted by molar-refractivity contribution is -0.493. The Labute approximate surface area is 178 Å². The first kappa shape index (κ1) is 20.9. The van der Waals surface area contributed by atoms with E-state index in [1.54, 1.807) is 31.2 Å². The molecule has 2 aromatic carbocycles. The molecule has 8 heteroatoms. The summed E-state index contributed by atoms with van der Waals surface area (Å²) in [7, 11) is -3.74. The number of nitro groups is 1. The van der Waals surface area contributed by atoms with Crippen LogP contribution in [0.5, 0.6) is 0 Å². The molecule has 148 valence electrons. The lowest BCUT2D eigenvalue weighted by atomic mass is 9.84. The maximum absolute atomic E-state index is 13.2. The first-order valence-corrected chi connectivity index (χ1v) is 11.3. The van der Waals surface area contributed by atoms with Crippen LogP contribution in [0.1, 0.15) is 18.1 Å². The van der Waals surface area contributed by atoms with Gasteiger partial charge < -0.3 is 0 Å². The predicted molar refractivity (Wildman–Crippen MR) is 117 cm³/mol. The third kappa shape index (κ3) is 4.13. The number of benzene rings is 2. The smallest absolute Gasteiger partial charge is 0.243 e. The second-order valence-corrected chi connectivity index (χ2v) is 10.3. The average molecular weight is 512 g/mol. The Bertz CT molecular complexity index is 1020. The summed E-state index contributed by atoms with van der Waals surface area (Å²) in [6.45, 7) is 3.58. The van der Waals surface area contributed by atoms with Gasteiger partial charge >= 0.3 is 0 Å². The van der Waals surface area contributed by atoms with Crippen molar-refractivity contribution in [2.45, 2.75) is 18.7 Å². The fourth-order valence-electron chi connectivity index (χ4n) is 3.46. The summed E-state index contributed by atoms with van der Waals surface area (Å²) < 4.78 is 28.5. The zero-order valence-electron chi connectivity index (χ0n) is 15.6. The van der Waals surface area contributed by atoms with Crippen LogP contribution in [-0.2, 0) is 10.0 Å². The second kappa shape index (κ2) is 7.92. The summed E-state index contributed by atoms with van der Waals surface area (Å²) in [5, 5.41) is 11.3. The van der Waals surface area contributed by atoms with E-state index in [9.17, 15) is 18.5 Å². The van der Waals surface area contributed by atoms with E-state index in [0.717, 1.165) is 20.3 Å². The van der Waals surface area contributed by atoms with Gasteiger partial charge in [-0.1, -0.05) is 48.0 Å². The van der Waals surface area contributed by atoms with Crippen LogP contribution in [0.25, 0.3) is 3.58 Å². The standard InChI is InChI=1S/C20H21IN2O4S/c1-15-8-10-17(11-9-15)28(26,27)22-12-18(20(2,13-22)14-23(24)25)19(21)16-6-4-3-5-7-16/h3-11H,12-14H2,1-2H3/b19-18+/t20-/m1/s1. The highest BCUT2D eigenvalue weighted by atomic mass is 127. The zero-order valence-corrected chi connectivity index (χ0v) is 18.6. The van der Waals surface area contributed by atoms with Crippen molar-refractivity contribution in [2.75, 3.05) is 19.6 Å². The molecule has 1 atom stereocenters. The molecule has 0 N–H and O–H groups in total. The van der Waals surface area contributed by atoms with Crippen molar-refractivity contribution in [2.24, 2.45) is 5.41 Å². The molecule has 0 bridgehead atoms. The van der Waals surface area contributed by atoms with E-state index in [1.807, 2.05) is 37.3 Å². The topological polar surface area (TPSA) is 80.5 Å². The largest absolute Gasteiger partial charge is 0.265 e. The molecule has 0 saturated carbocycles. The summed E-state index contributed by atoms with van der Waals surface area (Å²) >= 11 is 2.17. The predicted octanol–water partition coefficient (Wildman–Crippen LogP) is 4.13. The quantitative estimate of drug-likeness (QED) is 0.343. The van der Waals surface area contributed by atoms with Crippen LogP contribution in [0.4, 0.5) is 0 Å². The normalized spacial score (nSPS) is 22.2. The van der Waals surface area contributed by atoms with Gasteiger partial charge in [0.15, 0.2) is 0 Å². The number of hydrogen-bond acceptors (Lipinski definition) is 4. The van der Waals surface area contributed by atoms with E-state index in [0.29, 0.717) is 0 Å². The van der Waals surface area contributed by atoms with E-state index < -0.39 is 15.4 Å². The van der Waals surface area contributed by atoms with Crippen LogP contribution in [0.2, 0.25) is 0 Å². The minimum Gasteiger partial charge on any atom is -0.265 e. The monoisotopic (exact) mass is 512 g/mol. The van der Waals surface area contributed by atoms with Crippen molar-refractivity contribution < 1.29 is 13.3 Å². The molecule has 1 aliphatic rings. The van der Waals surface area contributed by atoms with Gasteiger partial charge in [0, 0.05) is 21.6 Å². The molecule has 0 unspecified atom stereocenters. The van der Waals surface area contributed by atoms with Crippen molar-refractivity contribution in [1.29, 1.82) is 0 Å². The Morgan fingerprint density at radius 1 is 1.18 bits per heavy atom. The van der Waals surface area contributed by atoms with E-state index in [2.05, 4.69) is 22.6 Å². The summed E-state index contributed by atoms with van der Waals surface area (Å²) in [6, 6.07) is 16.2. The molecule has 6 nitrogen and oxygen atoms in total. The molecule has 0 radical (unpaired) electrons. The molecule has 1 aliphatic heterocycles. The Hall–Kier alpha value is -1.78. The summed E-state index contributed by atoms with van der Waals surface area (Å²) in [4.78, 5) is 11.2. The van der Waals surface area contributed by atoms with Gasteiger partial charge in [0.2, 0.25) is 16.6 Å². The highest BCUT2D eigenvalue weighted by Crippen LogP contribution is 2.44. The van der Waals surface area contributed by atoms with Crippen molar-refractivity contribution in [3.8, 4) is 0 Å². The summed E-state index contributed by atoms with van der Waals surface area (Å²) in [5.41, 5.74) is 1.82. The van der Waals surface area contributed by atoms with Gasteiger partial charge in [0.05, 0.1) is 10.3 Å². The molecule has 0 amide bonds. The van der Waals surface area contributed by atoms with Gasteiger partial charge in [-0.15, -0.1) is 0 Å². The molecule has 3 rings (SSSR count). The van der Waals surface area contributed by atoms with Crippen molar-refractivity contribution in [1.82, 2.24) is 4.31 Å². The minimum atomic E-state index is -3.74. The Balaban J connectivity index is 2.06. The van der Waals surface area contributed by atoms with Gasteiger partial charge in [-0.2, -0.15) is 4.31 Å². The fourth-order valence-corrected chi connectivity index (χ4v) is 6.17. The SMILES string of the molecule is Cc1ccc(S(=O)(=O)N2C/C(=C(\I)c3ccccc3)[C@@](C)(C[N+](=O)[O-])C2)cc1. The molecular weight excluding hydrogens is 491 g/mol. The lowest BCUT2D eigenvalue weighted by Gasteiger charge is -2.22. The van der Waals surface area contributed by atoms with E-state index in [4.69, 9.17) is 0 Å². The molecule has 28 heavy (non-hydrogen) atoms. The van der Waals surface area contributed by atoms with E-state index in [1.165, 1.54) is 4.31 Å². The summed E-state index contributed by atoms with van der Waals surface area (Å²) in [5.74, 6) is 0. The second-order valence-electron chi connectivity index (χ2n) is 7.30. The molecule has 0 aromatic heterocycles. The molecule has 1 heterocycles. The number of halogens is 1. The van der Waals surface area contributed by atoms with Gasteiger partial charge in [0.25, 0.3) is 0 Å². The third-order valence-electron chi connectivity index (χ3n) is 5.02. The highest BCUT2D eigenvalue weighted by Gasteiger charge is 2.48. The zero-order chi connectivity index (χ0) is 20.5. The van der Waals surface area contributed by atoms with Crippen LogP contribution in [0, 0.1) is 22.5 Å². The number of nitrogens with zero attached hydrogens (tertiary/aromatic N) is 2. The maximum atomic E-state index is 13.2. The molecular formula is C20H21IN2O4S. The molecule has 0 spiro atoms. The van der Waals surface area contributed by atoms with Crippen molar-refractivity contribution in [3.05, 3.63) is 81.4 Å². The first-order valence-electron chi connectivity index (χ1n) is 8.77. The van der Waals surface area contributed by atoms with Crippen LogP contribution in [0.3, 0.4) is 0 Å². The first-order chi connectivity index (χ1) is 13.1. The Kier molecular flexibility index (Phi) is 5.92. The van der Waals surface area contributed by atoms with E-state index >= 15 is 0 Å². The minimum absolute atomic E-state index is 0.0822. The van der Waals surface area contributed by atoms with Gasteiger partial charge in [-0.05, 0) is 59.7 Å². The number of rotatable bonds is 5. The molecule has 0 aliphatic carbocycles. The van der Waals surface area contributed by atoms with Gasteiger partial charge in [0.1, 0.15) is 0 Å². The lowest BCUT2D eigenvalue weighted by Crippen LogP contribution is -2.34. The van der Waals surface area contributed by atoms with Crippen LogP contribution >= 0.6 is 22.6 Å². The maximum Gasteiger partial charge on any atom is 0.243 e. The number of aryl methyl sites for hydroxylation is 1. The van der Waals surface area contributed by atoms with Gasteiger partial charge in [-0.25, -0.2) is 8.42 Å². The number of hydrogen-bond donors (Lipinski definition) is 0. The van der Waals surface area contributed by atoms with Crippen molar-refractivity contribution in [3.63, 3.8) is 0 Å². The fraction of sp³-hybridized carbons (Fsp3) is 0.300. The van der Waals surface area contributed by atoms with Gasteiger partial charge in [-0.3, -0.25) is 10.1 Å². The molecule has 1 fully saturated rings.